The molecule has 0 aromatic carbocycles. The smallest absolute Gasteiger partial charge is 0.343 e. The number of ether oxygens (including phenoxy) is 3. The van der Waals surface area contributed by atoms with Gasteiger partial charge in [0, 0.05) is 24.9 Å². The van der Waals surface area contributed by atoms with Gasteiger partial charge < -0.3 is 25.7 Å². The fourth-order valence-corrected chi connectivity index (χ4v) is 4.78. The van der Waals surface area contributed by atoms with Gasteiger partial charge in [-0.15, -0.1) is 20.5 Å². The van der Waals surface area contributed by atoms with Crippen LogP contribution in [0.15, 0.2) is 32.9 Å². The maximum atomic E-state index is 12.3. The van der Waals surface area contributed by atoms with Crippen LogP contribution in [0, 0.1) is 0 Å². The van der Waals surface area contributed by atoms with E-state index in [1.165, 1.54) is 52.5 Å². The molecule has 52 heavy (non-hydrogen) atoms. The lowest BCUT2D eigenvalue weighted by Crippen LogP contribution is -2.16. The quantitative estimate of drug-likeness (QED) is 0.162. The number of anilines is 2. The zero-order valence-electron chi connectivity index (χ0n) is 30.6. The van der Waals surface area contributed by atoms with Crippen molar-refractivity contribution in [1.29, 1.82) is 0 Å². The maximum absolute atomic E-state index is 12.3. The van der Waals surface area contributed by atoms with E-state index in [1.54, 1.807) is 14.1 Å². The molecular formula is C30H39N17O5. The van der Waals surface area contributed by atoms with Gasteiger partial charge in [-0.1, -0.05) is 41.5 Å². The highest BCUT2D eigenvalue weighted by Gasteiger charge is 2.31. The van der Waals surface area contributed by atoms with Crippen molar-refractivity contribution >= 4 is 46.6 Å². The van der Waals surface area contributed by atoms with Gasteiger partial charge in [-0.2, -0.15) is 44.7 Å². The molecule has 5 aromatic heterocycles. The largest absolute Gasteiger partial charge is 0.467 e. The van der Waals surface area contributed by atoms with E-state index in [4.69, 9.17) is 35.9 Å². The first-order valence-corrected chi connectivity index (χ1v) is 15.5. The Hall–Kier alpha value is -6.61. The lowest BCUT2D eigenvalue weighted by Gasteiger charge is -2.15. The predicted octanol–water partition coefficient (Wildman–Crippen LogP) is 3.88. The number of nitrogen functional groups attached to an aromatic ring is 2. The molecule has 5 aromatic rings. The first-order chi connectivity index (χ1) is 24.4. The summed E-state index contributed by atoms with van der Waals surface area (Å²) in [6.07, 6.45) is 2.65. The molecule has 0 aliphatic rings. The van der Waals surface area contributed by atoms with Crippen molar-refractivity contribution in [2.75, 3.05) is 32.8 Å². The van der Waals surface area contributed by atoms with Gasteiger partial charge in [0.2, 0.25) is 0 Å². The molecule has 0 bridgehead atoms. The Bertz CT molecular complexity index is 2080. The predicted molar refractivity (Wildman–Crippen MR) is 184 cm³/mol. The summed E-state index contributed by atoms with van der Waals surface area (Å²) in [4.78, 5) is 38.0. The summed E-state index contributed by atoms with van der Waals surface area (Å²) in [5.74, 6) is -1.06. The third kappa shape index (κ3) is 6.76. The first kappa shape index (κ1) is 36.7. The summed E-state index contributed by atoms with van der Waals surface area (Å²) >= 11 is 0. The molecule has 0 saturated carbocycles. The molecular weight excluding hydrogens is 678 g/mol. The molecule has 0 spiro atoms. The molecule has 5 rings (SSSR count). The molecule has 274 valence electrons. The van der Waals surface area contributed by atoms with Crippen LogP contribution in [-0.2, 0) is 34.4 Å². The van der Waals surface area contributed by atoms with Crippen molar-refractivity contribution in [1.82, 2.24) is 54.1 Å². The second-order valence-electron chi connectivity index (χ2n) is 13.3. The zero-order chi connectivity index (χ0) is 38.3. The van der Waals surface area contributed by atoms with Crippen LogP contribution in [0.1, 0.15) is 73.6 Å². The minimum atomic E-state index is -0.633. The Morgan fingerprint density at radius 2 is 1.04 bits per heavy atom. The number of carbonyl (C=O) groups is 2. The number of nitrogens with zero attached hydrogens (tertiary/aromatic N) is 15. The molecule has 0 atom stereocenters. The van der Waals surface area contributed by atoms with Crippen LogP contribution in [0.25, 0.3) is 11.9 Å². The number of aryl methyl sites for hydroxylation is 2. The minimum Gasteiger partial charge on any atom is -0.467 e. The normalized spacial score (nSPS) is 12.3. The van der Waals surface area contributed by atoms with E-state index in [-0.39, 0.29) is 63.7 Å². The Morgan fingerprint density at radius 1 is 0.654 bits per heavy atom. The second kappa shape index (κ2) is 13.6. The van der Waals surface area contributed by atoms with Crippen LogP contribution < -0.4 is 16.2 Å². The van der Waals surface area contributed by atoms with E-state index in [0.717, 1.165) is 0 Å². The van der Waals surface area contributed by atoms with Crippen LogP contribution in [0.5, 0.6) is 6.01 Å². The summed E-state index contributed by atoms with van der Waals surface area (Å²) in [6.45, 7) is 11.5. The molecule has 0 unspecified atom stereocenters. The Labute approximate surface area is 296 Å². The SMILES string of the molecule is COC(=O)c1cnn(C)c1N=Nc1c(C(C)(C)C)nn(-c2nc(OC)nc(-n3nc(C(C)(C)C)c(N=Nc4c(C(=O)OC)cnn4C)c3N)n2)c1N. The molecule has 0 amide bonds. The molecule has 22 nitrogen and oxygen atoms in total. The number of esters is 2. The summed E-state index contributed by atoms with van der Waals surface area (Å²) in [6, 6.07) is -0.110. The summed E-state index contributed by atoms with van der Waals surface area (Å²) in [7, 11) is 7.09. The van der Waals surface area contributed by atoms with Crippen LogP contribution in [0.4, 0.5) is 34.6 Å². The average Bonchev–Trinajstić information content (AvgIpc) is 3.84. The van der Waals surface area contributed by atoms with Gasteiger partial charge in [-0.05, 0) is 0 Å². The van der Waals surface area contributed by atoms with Gasteiger partial charge in [0.1, 0.15) is 11.1 Å². The number of methoxy groups -OCH3 is 3. The van der Waals surface area contributed by atoms with Gasteiger partial charge in [0.15, 0.2) is 34.6 Å². The van der Waals surface area contributed by atoms with Crippen LogP contribution in [-0.4, -0.2) is 87.3 Å². The lowest BCUT2D eigenvalue weighted by molar-refractivity contribution is 0.0592. The third-order valence-electron chi connectivity index (χ3n) is 7.48. The van der Waals surface area contributed by atoms with E-state index < -0.39 is 22.8 Å². The standard InChI is InChI=1S/C30H39N17O5/c1-29(2,3)18-16(38-40-22-14(24(48)50-9)12-33-44(22)7)20(31)46(42-18)26-35-27(37-28(36-26)52-11)47-21(32)17(19(43-47)30(4,5)6)39-41-23-15(25(49)51-10)13-34-45(23)8/h12-13H,31-32H2,1-11H3. The number of hydrogen-bond donors (Lipinski definition) is 2. The number of azo groups is 2. The van der Waals surface area contributed by atoms with Gasteiger partial charge in [-0.3, -0.25) is 0 Å². The van der Waals surface area contributed by atoms with Gasteiger partial charge in [-0.25, -0.2) is 19.0 Å². The highest BCUT2D eigenvalue weighted by atomic mass is 16.5. The van der Waals surface area contributed by atoms with Crippen molar-refractivity contribution in [3.63, 3.8) is 0 Å². The molecule has 0 aliphatic heterocycles. The van der Waals surface area contributed by atoms with Crippen LogP contribution in [0.2, 0.25) is 0 Å². The van der Waals surface area contributed by atoms with E-state index in [2.05, 4.69) is 45.6 Å². The van der Waals surface area contributed by atoms with Crippen LogP contribution >= 0.6 is 0 Å². The maximum Gasteiger partial charge on any atom is 0.343 e. The van der Waals surface area contributed by atoms with E-state index >= 15 is 0 Å². The van der Waals surface area contributed by atoms with Crippen LogP contribution in [0.3, 0.4) is 0 Å². The van der Waals surface area contributed by atoms with E-state index in [0.29, 0.717) is 11.4 Å². The van der Waals surface area contributed by atoms with E-state index in [1.807, 2.05) is 41.5 Å². The Kier molecular flexibility index (Phi) is 9.59. The molecule has 0 saturated heterocycles. The van der Waals surface area contributed by atoms with Crippen molar-refractivity contribution in [3.05, 3.63) is 34.9 Å². The Balaban J connectivity index is 1.66. The van der Waals surface area contributed by atoms with Crippen molar-refractivity contribution in [3.8, 4) is 17.9 Å². The Morgan fingerprint density at radius 3 is 1.37 bits per heavy atom. The number of rotatable bonds is 9. The third-order valence-corrected chi connectivity index (χ3v) is 7.48. The fourth-order valence-electron chi connectivity index (χ4n) is 4.78. The summed E-state index contributed by atoms with van der Waals surface area (Å²) in [5, 5.41) is 35.0. The topological polar surface area (TPSA) is 273 Å². The summed E-state index contributed by atoms with van der Waals surface area (Å²) < 4.78 is 20.4. The van der Waals surface area contributed by atoms with Crippen molar-refractivity contribution in [2.45, 2.75) is 52.4 Å². The number of aromatic nitrogens is 11. The monoisotopic (exact) mass is 717 g/mol. The molecule has 0 radical (unpaired) electrons. The van der Waals surface area contributed by atoms with E-state index in [9.17, 15) is 9.59 Å². The molecule has 22 heteroatoms. The molecule has 5 heterocycles. The minimum absolute atomic E-state index is 0.0190. The van der Waals surface area contributed by atoms with Gasteiger partial charge >= 0.3 is 17.9 Å². The van der Waals surface area contributed by atoms with Crippen molar-refractivity contribution < 1.29 is 23.8 Å². The zero-order valence-corrected chi connectivity index (χ0v) is 30.6. The van der Waals surface area contributed by atoms with Crippen molar-refractivity contribution in [2.24, 2.45) is 34.6 Å². The number of carbonyl (C=O) groups excluding carboxylic acids is 2. The number of hydrogen-bond acceptors (Lipinski definition) is 18. The summed E-state index contributed by atoms with van der Waals surface area (Å²) in [5.41, 5.74) is 13.6. The first-order valence-electron chi connectivity index (χ1n) is 15.5. The van der Waals surface area contributed by atoms with Gasteiger partial charge in [0.05, 0.1) is 45.1 Å². The molecule has 0 fully saturated rings. The number of nitrogens with two attached hydrogens (primary N) is 2. The van der Waals surface area contributed by atoms with Gasteiger partial charge in [0.25, 0.3) is 11.9 Å². The second-order valence-corrected chi connectivity index (χ2v) is 13.3. The lowest BCUT2D eigenvalue weighted by atomic mass is 9.91. The fraction of sp³-hybridized carbons (Fsp3) is 0.433. The molecule has 0 aliphatic carbocycles. The highest BCUT2D eigenvalue weighted by molar-refractivity contribution is 5.94. The highest BCUT2D eigenvalue weighted by Crippen LogP contribution is 2.40. The molecule has 4 N–H and O–H groups in total. The average molecular weight is 718 g/mol.